The van der Waals surface area contributed by atoms with Crippen molar-refractivity contribution >= 4 is 12.3 Å². The lowest BCUT2D eigenvalue weighted by atomic mass is 9.67. The molecule has 314 valence electrons. The van der Waals surface area contributed by atoms with E-state index in [1.165, 1.54) is 12.8 Å². The van der Waals surface area contributed by atoms with Crippen LogP contribution in [-0.4, -0.2) is 47.6 Å². The Morgan fingerprint density at radius 3 is 1.73 bits per heavy atom. The summed E-state index contributed by atoms with van der Waals surface area (Å²) >= 11 is 0. The van der Waals surface area contributed by atoms with Crippen LogP contribution in [0.4, 0.5) is 4.39 Å². The molecule has 2 saturated carbocycles. The Morgan fingerprint density at radius 1 is 0.695 bits per heavy atom. The molecule has 1 heterocycles. The highest BCUT2D eigenvalue weighted by Crippen LogP contribution is 2.44. The molecule has 7 heteroatoms. The molecule has 1 saturated heterocycles. The van der Waals surface area contributed by atoms with Gasteiger partial charge in [-0.2, -0.15) is 0 Å². The van der Waals surface area contributed by atoms with Gasteiger partial charge in [0.15, 0.2) is 0 Å². The van der Waals surface area contributed by atoms with Crippen molar-refractivity contribution in [1.82, 2.24) is 4.90 Å². The number of likely N-dealkylation sites (tertiary alicyclic amines) is 1. The smallest absolute Gasteiger partial charge is 0.306 e. The third-order valence-corrected chi connectivity index (χ3v) is 14.0. The van der Waals surface area contributed by atoms with Crippen LogP contribution in [0.5, 0.6) is 11.5 Å². The molecule has 1 aliphatic heterocycles. The molecule has 0 spiro atoms. The summed E-state index contributed by atoms with van der Waals surface area (Å²) in [5.74, 6) is 1.68. The minimum atomic E-state index is -0.738. The predicted molar refractivity (Wildman–Crippen MR) is 234 cm³/mol. The molecule has 1 N–H and O–H groups in total. The quantitative estimate of drug-likeness (QED) is 0.136. The van der Waals surface area contributed by atoms with Gasteiger partial charge >= 0.3 is 5.97 Å². The van der Waals surface area contributed by atoms with Crippen molar-refractivity contribution in [2.45, 2.75) is 124 Å². The first-order chi connectivity index (χ1) is 28.3. The lowest BCUT2D eigenvalue weighted by molar-refractivity contribution is -0.143. The highest BCUT2D eigenvalue weighted by Gasteiger charge is 2.35. The van der Waals surface area contributed by atoms with Gasteiger partial charge in [-0.05, 0) is 153 Å². The molecule has 2 aliphatic carbocycles. The van der Waals surface area contributed by atoms with Crippen LogP contribution in [-0.2, 0) is 17.8 Å². The summed E-state index contributed by atoms with van der Waals surface area (Å²) in [5.41, 5.74) is 6.42. The maximum Gasteiger partial charge on any atom is 0.306 e. The van der Waals surface area contributed by atoms with Crippen molar-refractivity contribution < 1.29 is 28.6 Å². The van der Waals surface area contributed by atoms with Crippen LogP contribution >= 0.6 is 0 Å². The number of hydrogen-bond donors (Lipinski definition) is 1. The summed E-state index contributed by atoms with van der Waals surface area (Å²) in [6.07, 6.45) is 12.0. The minimum absolute atomic E-state index is 0.0249. The number of aldehydes is 1. The summed E-state index contributed by atoms with van der Waals surface area (Å²) < 4.78 is 28.7. The van der Waals surface area contributed by atoms with Crippen LogP contribution in [0.15, 0.2) is 84.9 Å². The highest BCUT2D eigenvalue weighted by atomic mass is 19.1. The standard InChI is InChI=1S/C52H64FNO5/c1-51(2,3)40-16-24-44(25-17-40)58-42-20-12-35(13-21-42)46-10-7-9-39(34-55)48(46)32-52(4,5)41-18-26-45(27-19-41)59-43-22-14-36(15-23-43)47-11-6-8-38(49(47)53)33-54-30-28-37(29-31-54)50(56)57/h6-15,20-23,34,37,40-41,44-45H,16-19,24-33H2,1-5H3,(H,56,57). The fraction of sp³-hybridized carbons (Fsp3) is 0.500. The first kappa shape index (κ1) is 42.6. The van der Waals surface area contributed by atoms with Gasteiger partial charge in [-0.1, -0.05) is 95.3 Å². The van der Waals surface area contributed by atoms with Gasteiger partial charge < -0.3 is 14.6 Å². The molecule has 0 amide bonds. The average molecular weight is 802 g/mol. The van der Waals surface area contributed by atoms with Crippen molar-refractivity contribution in [3.05, 3.63) is 107 Å². The highest BCUT2D eigenvalue weighted by molar-refractivity contribution is 5.83. The molecule has 4 aromatic carbocycles. The molecule has 59 heavy (non-hydrogen) atoms. The molecule has 3 fully saturated rings. The minimum Gasteiger partial charge on any atom is -0.490 e. The molecule has 0 atom stereocenters. The van der Waals surface area contributed by atoms with Crippen LogP contribution < -0.4 is 9.47 Å². The van der Waals surface area contributed by atoms with Crippen molar-refractivity contribution in [2.75, 3.05) is 13.1 Å². The van der Waals surface area contributed by atoms with Crippen molar-refractivity contribution in [3.8, 4) is 33.8 Å². The van der Waals surface area contributed by atoms with Crippen molar-refractivity contribution in [3.63, 3.8) is 0 Å². The number of halogens is 1. The van der Waals surface area contributed by atoms with Gasteiger partial charge in [-0.3, -0.25) is 14.5 Å². The average Bonchev–Trinajstić information content (AvgIpc) is 3.22. The van der Waals surface area contributed by atoms with Crippen molar-refractivity contribution in [1.29, 1.82) is 0 Å². The van der Waals surface area contributed by atoms with E-state index in [9.17, 15) is 14.7 Å². The number of aliphatic carboxylic acids is 1. The summed E-state index contributed by atoms with van der Waals surface area (Å²) in [6.45, 7) is 13.5. The van der Waals surface area contributed by atoms with Crippen LogP contribution in [0.2, 0.25) is 0 Å². The fourth-order valence-corrected chi connectivity index (χ4v) is 10.1. The van der Waals surface area contributed by atoms with Gasteiger partial charge in [-0.25, -0.2) is 4.39 Å². The zero-order valence-electron chi connectivity index (χ0n) is 35.9. The second kappa shape index (κ2) is 18.4. The predicted octanol–water partition coefficient (Wildman–Crippen LogP) is 12.5. The molecule has 0 radical (unpaired) electrons. The molecule has 0 unspecified atom stereocenters. The number of rotatable bonds is 13. The topological polar surface area (TPSA) is 76.1 Å². The second-order valence-electron chi connectivity index (χ2n) is 19.4. The number of hydrogen-bond acceptors (Lipinski definition) is 5. The number of benzene rings is 4. The first-order valence-corrected chi connectivity index (χ1v) is 22.1. The first-order valence-electron chi connectivity index (χ1n) is 22.1. The van der Waals surface area contributed by atoms with E-state index in [-0.39, 0.29) is 29.4 Å². The zero-order chi connectivity index (χ0) is 41.7. The van der Waals surface area contributed by atoms with Crippen LogP contribution in [0.1, 0.15) is 120 Å². The Kier molecular flexibility index (Phi) is 13.3. The third-order valence-electron chi connectivity index (χ3n) is 14.0. The third kappa shape index (κ3) is 10.5. The van der Waals surface area contributed by atoms with E-state index >= 15 is 4.39 Å². The molecule has 6 nitrogen and oxygen atoms in total. The number of carbonyl (C=O) groups excluding carboxylic acids is 1. The fourth-order valence-electron chi connectivity index (χ4n) is 10.1. The molecule has 0 bridgehead atoms. The second-order valence-corrected chi connectivity index (χ2v) is 19.4. The van der Waals surface area contributed by atoms with E-state index in [0.29, 0.717) is 54.9 Å². The Hall–Kier alpha value is -4.49. The Morgan fingerprint density at radius 2 is 1.20 bits per heavy atom. The van der Waals surface area contributed by atoms with Crippen LogP contribution in [0.25, 0.3) is 22.3 Å². The molecule has 3 aliphatic rings. The summed E-state index contributed by atoms with van der Waals surface area (Å²) in [4.78, 5) is 25.9. The largest absolute Gasteiger partial charge is 0.490 e. The molecule has 0 aromatic heterocycles. The molecule has 7 rings (SSSR count). The maximum absolute atomic E-state index is 15.8. The number of piperidine rings is 1. The van der Waals surface area contributed by atoms with Gasteiger partial charge in [0, 0.05) is 23.2 Å². The van der Waals surface area contributed by atoms with Gasteiger partial charge in [0.1, 0.15) is 23.6 Å². The van der Waals surface area contributed by atoms with E-state index in [1.54, 1.807) is 0 Å². The number of carboxylic acids is 1. The molecular weight excluding hydrogens is 738 g/mol. The number of carbonyl (C=O) groups is 2. The number of ether oxygens (including phenoxy) is 2. The Bertz CT molecular complexity index is 2030. The Balaban J connectivity index is 0.932. The lowest BCUT2D eigenvalue weighted by Crippen LogP contribution is -2.36. The number of carboxylic acid groups (broad SMARTS) is 1. The summed E-state index contributed by atoms with van der Waals surface area (Å²) in [6, 6.07) is 27.9. The Labute approximate surface area is 351 Å². The van der Waals surface area contributed by atoms with Gasteiger partial charge in [0.2, 0.25) is 0 Å². The normalized spacial score (nSPS) is 22.1. The van der Waals surface area contributed by atoms with Crippen molar-refractivity contribution in [2.24, 2.45) is 28.6 Å². The van der Waals surface area contributed by atoms with E-state index in [0.717, 1.165) is 96.5 Å². The van der Waals surface area contributed by atoms with Crippen LogP contribution in [0, 0.1) is 34.4 Å². The van der Waals surface area contributed by atoms with E-state index in [4.69, 9.17) is 9.47 Å². The number of nitrogens with zero attached hydrogens (tertiary/aromatic N) is 1. The van der Waals surface area contributed by atoms with Gasteiger partial charge in [0.05, 0.1) is 18.1 Å². The maximum atomic E-state index is 15.8. The van der Waals surface area contributed by atoms with E-state index < -0.39 is 5.97 Å². The lowest BCUT2D eigenvalue weighted by Gasteiger charge is -2.40. The molecule has 4 aromatic rings. The summed E-state index contributed by atoms with van der Waals surface area (Å²) in [5, 5.41) is 9.32. The SMILES string of the molecule is CC(C)(C)C1CCC(Oc2ccc(-c3cccc(C=O)c3CC(C)(C)C3CCC(Oc4ccc(-c5cccc(CN6CCC(C(=O)O)CC6)c5F)cc4)CC3)cc2)CC1. The zero-order valence-corrected chi connectivity index (χ0v) is 35.9. The van der Waals surface area contributed by atoms with Gasteiger partial charge in [0.25, 0.3) is 0 Å². The van der Waals surface area contributed by atoms with E-state index in [2.05, 4.69) is 69.9 Å². The van der Waals surface area contributed by atoms with Gasteiger partial charge in [-0.15, -0.1) is 0 Å². The van der Waals surface area contributed by atoms with E-state index in [1.807, 2.05) is 54.6 Å². The summed E-state index contributed by atoms with van der Waals surface area (Å²) in [7, 11) is 0. The monoisotopic (exact) mass is 801 g/mol. The molecular formula is C52H64FNO5. The van der Waals surface area contributed by atoms with Crippen LogP contribution in [0.3, 0.4) is 0 Å².